The Morgan fingerprint density at radius 2 is 2.17 bits per heavy atom. The number of benzene rings is 1. The van der Waals surface area contributed by atoms with Gasteiger partial charge >= 0.3 is 5.97 Å². The molecule has 0 saturated carbocycles. The van der Waals surface area contributed by atoms with E-state index in [1.165, 1.54) is 13.1 Å². The first-order valence-corrected chi connectivity index (χ1v) is 9.65. The van der Waals surface area contributed by atoms with Crippen LogP contribution in [0.15, 0.2) is 36.5 Å². The van der Waals surface area contributed by atoms with Crippen LogP contribution in [0.4, 0.5) is 17.2 Å². The summed E-state index contributed by atoms with van der Waals surface area (Å²) in [7, 11) is 0. The van der Waals surface area contributed by atoms with Crippen LogP contribution in [0.5, 0.6) is 0 Å². The highest BCUT2D eigenvalue weighted by Gasteiger charge is 2.36. The fourth-order valence-corrected chi connectivity index (χ4v) is 3.63. The van der Waals surface area contributed by atoms with Gasteiger partial charge in [-0.25, -0.2) is 9.78 Å². The molecule has 1 saturated heterocycles. The molecule has 3 heterocycles. The molecule has 29 heavy (non-hydrogen) atoms. The minimum Gasteiger partial charge on any atom is -0.449 e. The lowest BCUT2D eigenvalue weighted by Crippen LogP contribution is -2.43. The highest BCUT2D eigenvalue weighted by atomic mass is 35.5. The fourth-order valence-electron chi connectivity index (χ4n) is 3.52. The van der Waals surface area contributed by atoms with E-state index >= 15 is 0 Å². The van der Waals surface area contributed by atoms with Gasteiger partial charge in [-0.05, 0) is 50.1 Å². The quantitative estimate of drug-likeness (QED) is 0.746. The highest BCUT2D eigenvalue weighted by molar-refractivity contribution is 6.30. The summed E-state index contributed by atoms with van der Waals surface area (Å²) in [6, 6.07) is 8.01. The van der Waals surface area contributed by atoms with Crippen molar-refractivity contribution < 1.29 is 19.1 Å². The lowest BCUT2D eigenvalue weighted by atomic mass is 10.1. The van der Waals surface area contributed by atoms with E-state index in [0.717, 1.165) is 25.1 Å². The van der Waals surface area contributed by atoms with Crippen molar-refractivity contribution in [1.29, 1.82) is 0 Å². The highest BCUT2D eigenvalue weighted by Crippen LogP contribution is 2.37. The van der Waals surface area contributed by atoms with Crippen molar-refractivity contribution in [3.63, 3.8) is 0 Å². The van der Waals surface area contributed by atoms with Gasteiger partial charge < -0.3 is 20.3 Å². The van der Waals surface area contributed by atoms with E-state index in [1.54, 1.807) is 30.3 Å². The number of aromatic nitrogens is 1. The van der Waals surface area contributed by atoms with Gasteiger partial charge in [0.1, 0.15) is 11.9 Å². The number of ether oxygens (including phenoxy) is 1. The van der Waals surface area contributed by atoms with Gasteiger partial charge in [-0.15, -0.1) is 0 Å². The Bertz CT molecular complexity index is 979. The van der Waals surface area contributed by atoms with Gasteiger partial charge in [0.05, 0.1) is 22.0 Å². The molecule has 2 aromatic rings. The summed E-state index contributed by atoms with van der Waals surface area (Å²) in [5.74, 6) is -0.931. The molecule has 9 heteroatoms. The zero-order valence-corrected chi connectivity index (χ0v) is 16.4. The summed E-state index contributed by atoms with van der Waals surface area (Å²) < 4.78 is 5.27. The molecule has 2 aliphatic heterocycles. The molecule has 2 amide bonds. The second-order valence-corrected chi connectivity index (χ2v) is 7.41. The summed E-state index contributed by atoms with van der Waals surface area (Å²) in [5, 5.41) is 5.86. The predicted octanol–water partition coefficient (Wildman–Crippen LogP) is 2.84. The molecule has 1 aromatic carbocycles. The van der Waals surface area contributed by atoms with E-state index < -0.39 is 18.0 Å². The van der Waals surface area contributed by atoms with Gasteiger partial charge in [0.15, 0.2) is 6.10 Å². The van der Waals surface area contributed by atoms with E-state index in [2.05, 4.69) is 20.5 Å². The van der Waals surface area contributed by atoms with E-state index in [0.29, 0.717) is 16.5 Å². The normalized spacial score (nSPS) is 18.3. The maximum atomic E-state index is 12.5. The molecule has 0 spiro atoms. The summed E-state index contributed by atoms with van der Waals surface area (Å²) in [6.45, 7) is 2.28. The largest absolute Gasteiger partial charge is 0.449 e. The van der Waals surface area contributed by atoms with Gasteiger partial charge in [-0.2, -0.15) is 0 Å². The molecule has 1 fully saturated rings. The average molecular weight is 415 g/mol. The van der Waals surface area contributed by atoms with Crippen molar-refractivity contribution in [3.8, 4) is 0 Å². The minimum atomic E-state index is -1.03. The fraction of sp³-hybridized carbons (Fsp3) is 0.300. The number of nitrogens with one attached hydrogen (secondary N) is 2. The van der Waals surface area contributed by atoms with Crippen LogP contribution in [0.1, 0.15) is 30.1 Å². The van der Waals surface area contributed by atoms with Crippen LogP contribution in [-0.2, 0) is 14.3 Å². The minimum absolute atomic E-state index is 0.0660. The number of hydrogen-bond acceptors (Lipinski definition) is 6. The topological polar surface area (TPSA) is 101 Å². The van der Waals surface area contributed by atoms with Crippen molar-refractivity contribution in [2.24, 2.45) is 0 Å². The molecular weight excluding hydrogens is 396 g/mol. The van der Waals surface area contributed by atoms with E-state index in [1.807, 2.05) is 0 Å². The van der Waals surface area contributed by atoms with Crippen LogP contribution in [0, 0.1) is 0 Å². The molecule has 0 bridgehead atoms. The number of halogens is 1. The first kappa shape index (κ1) is 19.2. The number of nitrogens with zero attached hydrogens (tertiary/aromatic N) is 2. The summed E-state index contributed by atoms with van der Waals surface area (Å²) >= 11 is 5.76. The molecule has 0 radical (unpaired) electrons. The standard InChI is InChI=1S/C20H19ClN4O4/c1-11(18(26)24-17-7-5-13(21)10-22-17)29-20(28)12-4-6-15-14(9-12)23-19(27)16-3-2-8-25(15)16/h4-7,9-11,16H,2-3,8H2,1H3,(H,23,27)(H,22,24,26)/t11-,16-/m1/s1. The lowest BCUT2D eigenvalue weighted by molar-refractivity contribution is -0.123. The first-order valence-electron chi connectivity index (χ1n) is 9.27. The predicted molar refractivity (Wildman–Crippen MR) is 108 cm³/mol. The average Bonchev–Trinajstić information content (AvgIpc) is 3.20. The number of carbonyl (C=O) groups excluding carboxylic acids is 3. The number of anilines is 3. The zero-order valence-electron chi connectivity index (χ0n) is 15.6. The summed E-state index contributed by atoms with van der Waals surface area (Å²) in [4.78, 5) is 43.0. The third-order valence-electron chi connectivity index (χ3n) is 4.99. The Balaban J connectivity index is 1.43. The number of hydrogen-bond donors (Lipinski definition) is 2. The van der Waals surface area contributed by atoms with E-state index in [-0.39, 0.29) is 17.5 Å². The summed E-state index contributed by atoms with van der Waals surface area (Å²) in [5.41, 5.74) is 1.72. The number of carbonyl (C=O) groups is 3. The van der Waals surface area contributed by atoms with Crippen LogP contribution < -0.4 is 15.5 Å². The Morgan fingerprint density at radius 1 is 1.34 bits per heavy atom. The molecule has 2 atom stereocenters. The van der Waals surface area contributed by atoms with Crippen LogP contribution in [0.25, 0.3) is 0 Å². The van der Waals surface area contributed by atoms with Crippen molar-refractivity contribution in [2.45, 2.75) is 31.9 Å². The van der Waals surface area contributed by atoms with Crippen molar-refractivity contribution >= 4 is 46.6 Å². The van der Waals surface area contributed by atoms with Crippen LogP contribution >= 0.6 is 11.6 Å². The number of amides is 2. The van der Waals surface area contributed by atoms with Gasteiger partial charge in [0.25, 0.3) is 5.91 Å². The Labute approximate surface area is 172 Å². The maximum absolute atomic E-state index is 12.5. The number of esters is 1. The second kappa shape index (κ2) is 7.71. The van der Waals surface area contributed by atoms with Gasteiger partial charge in [0.2, 0.25) is 5.91 Å². The zero-order chi connectivity index (χ0) is 20.5. The number of pyridine rings is 1. The SMILES string of the molecule is C[C@@H](OC(=O)c1ccc2c(c1)NC(=O)[C@H]1CCCN21)C(=O)Nc1ccc(Cl)cn1. The maximum Gasteiger partial charge on any atom is 0.338 e. The van der Waals surface area contributed by atoms with Crippen molar-refractivity contribution in [1.82, 2.24) is 4.98 Å². The molecule has 1 aromatic heterocycles. The molecular formula is C20H19ClN4O4. The van der Waals surface area contributed by atoms with E-state index in [9.17, 15) is 14.4 Å². The second-order valence-electron chi connectivity index (χ2n) is 6.97. The molecule has 8 nitrogen and oxygen atoms in total. The molecule has 4 rings (SSSR count). The smallest absolute Gasteiger partial charge is 0.338 e. The van der Waals surface area contributed by atoms with Crippen molar-refractivity contribution in [3.05, 3.63) is 47.1 Å². The van der Waals surface area contributed by atoms with Gasteiger partial charge in [-0.3, -0.25) is 9.59 Å². The van der Waals surface area contributed by atoms with Crippen LogP contribution in [0.3, 0.4) is 0 Å². The van der Waals surface area contributed by atoms with Gasteiger partial charge in [-0.1, -0.05) is 11.6 Å². The van der Waals surface area contributed by atoms with Crippen molar-refractivity contribution in [2.75, 3.05) is 22.1 Å². The Kier molecular flexibility index (Phi) is 5.10. The first-order chi connectivity index (χ1) is 13.9. The monoisotopic (exact) mass is 414 g/mol. The molecule has 2 N–H and O–H groups in total. The third-order valence-corrected chi connectivity index (χ3v) is 5.21. The molecule has 0 unspecified atom stereocenters. The van der Waals surface area contributed by atoms with Crippen LogP contribution in [-0.4, -0.2) is 41.5 Å². The van der Waals surface area contributed by atoms with E-state index in [4.69, 9.17) is 16.3 Å². The van der Waals surface area contributed by atoms with Gasteiger partial charge in [0, 0.05) is 12.7 Å². The molecule has 2 aliphatic rings. The molecule has 150 valence electrons. The number of rotatable bonds is 4. The molecule has 0 aliphatic carbocycles. The third kappa shape index (κ3) is 3.88. The lowest BCUT2D eigenvalue weighted by Gasteiger charge is -2.33. The van der Waals surface area contributed by atoms with Crippen LogP contribution in [0.2, 0.25) is 5.02 Å². The Hall–Kier alpha value is -3.13. The number of fused-ring (bicyclic) bond motifs is 3. The Morgan fingerprint density at radius 3 is 2.93 bits per heavy atom. The summed E-state index contributed by atoms with van der Waals surface area (Å²) in [6.07, 6.45) is 2.15.